The van der Waals surface area contributed by atoms with Gasteiger partial charge in [-0.3, -0.25) is 4.79 Å². The summed E-state index contributed by atoms with van der Waals surface area (Å²) in [5.41, 5.74) is 4.19. The highest BCUT2D eigenvalue weighted by Gasteiger charge is 2.20. The molecule has 2 aromatic carbocycles. The van der Waals surface area contributed by atoms with Crippen LogP contribution in [-0.2, 0) is 6.54 Å². The van der Waals surface area contributed by atoms with Gasteiger partial charge in [-0.05, 0) is 44.0 Å². The molecule has 0 saturated heterocycles. The molecule has 1 N–H and O–H groups in total. The van der Waals surface area contributed by atoms with Gasteiger partial charge in [-0.25, -0.2) is 0 Å². The Balaban J connectivity index is 2.07. The van der Waals surface area contributed by atoms with Crippen LogP contribution in [0.2, 0.25) is 5.02 Å². The van der Waals surface area contributed by atoms with Crippen LogP contribution in [0.25, 0.3) is 10.9 Å². The monoisotopic (exact) mass is 356 g/mol. The molecule has 130 valence electrons. The zero-order chi connectivity index (χ0) is 18.1. The molecule has 5 heteroatoms. The molecule has 0 radical (unpaired) electrons. The summed E-state index contributed by atoms with van der Waals surface area (Å²) >= 11 is 6.15. The number of nitrogens with zero attached hydrogens (tertiary/aromatic N) is 1. The van der Waals surface area contributed by atoms with Crippen molar-refractivity contribution < 1.29 is 9.53 Å². The number of aryl methyl sites for hydroxylation is 3. The van der Waals surface area contributed by atoms with E-state index in [9.17, 15) is 4.79 Å². The van der Waals surface area contributed by atoms with Crippen molar-refractivity contribution in [2.75, 3.05) is 12.4 Å². The van der Waals surface area contributed by atoms with Gasteiger partial charge in [0, 0.05) is 28.5 Å². The number of fused-ring (bicyclic) bond motifs is 1. The maximum atomic E-state index is 13.0. The predicted octanol–water partition coefficient (Wildman–Crippen LogP) is 5.19. The van der Waals surface area contributed by atoms with Crippen molar-refractivity contribution in [3.05, 3.63) is 58.2 Å². The van der Waals surface area contributed by atoms with E-state index in [0.29, 0.717) is 28.7 Å². The number of hydrogen-bond acceptors (Lipinski definition) is 2. The Kier molecular flexibility index (Phi) is 4.73. The molecule has 3 rings (SSSR count). The Morgan fingerprint density at radius 2 is 1.96 bits per heavy atom. The molecule has 0 atom stereocenters. The van der Waals surface area contributed by atoms with Gasteiger partial charge in [-0.2, -0.15) is 0 Å². The van der Waals surface area contributed by atoms with Crippen LogP contribution in [0.15, 0.2) is 36.4 Å². The highest BCUT2D eigenvalue weighted by molar-refractivity contribution is 6.31. The van der Waals surface area contributed by atoms with Gasteiger partial charge in [-0.15, -0.1) is 0 Å². The zero-order valence-electron chi connectivity index (χ0n) is 14.8. The van der Waals surface area contributed by atoms with Crippen molar-refractivity contribution >= 4 is 34.1 Å². The third-order valence-electron chi connectivity index (χ3n) is 4.48. The van der Waals surface area contributed by atoms with Gasteiger partial charge in [0.05, 0.1) is 12.8 Å². The number of methoxy groups -OCH3 is 1. The largest absolute Gasteiger partial charge is 0.495 e. The molecule has 3 aromatic rings. The SMILES string of the molecule is CCn1c(C(=O)Nc2cc(C)c(Cl)cc2OC)c(C)c2ccccc21. The summed E-state index contributed by atoms with van der Waals surface area (Å²) in [5.74, 6) is 0.385. The van der Waals surface area contributed by atoms with Crippen LogP contribution >= 0.6 is 11.6 Å². The summed E-state index contributed by atoms with van der Waals surface area (Å²) < 4.78 is 7.39. The Morgan fingerprint density at radius 3 is 2.64 bits per heavy atom. The highest BCUT2D eigenvalue weighted by atomic mass is 35.5. The minimum absolute atomic E-state index is 0.157. The van der Waals surface area contributed by atoms with Crippen LogP contribution in [0.1, 0.15) is 28.5 Å². The molecule has 0 aliphatic heterocycles. The normalized spacial score (nSPS) is 10.9. The van der Waals surface area contributed by atoms with E-state index in [1.807, 2.05) is 55.7 Å². The first-order valence-electron chi connectivity index (χ1n) is 8.21. The van der Waals surface area contributed by atoms with Crippen LogP contribution in [0.3, 0.4) is 0 Å². The lowest BCUT2D eigenvalue weighted by Crippen LogP contribution is -2.18. The summed E-state index contributed by atoms with van der Waals surface area (Å²) in [6.07, 6.45) is 0. The molecular weight excluding hydrogens is 336 g/mol. The molecule has 1 aromatic heterocycles. The van der Waals surface area contributed by atoms with Crippen LogP contribution in [0.5, 0.6) is 5.75 Å². The summed E-state index contributed by atoms with van der Waals surface area (Å²) in [7, 11) is 1.56. The predicted molar refractivity (Wildman–Crippen MR) is 103 cm³/mol. The lowest BCUT2D eigenvalue weighted by Gasteiger charge is -2.14. The van der Waals surface area contributed by atoms with Gasteiger partial charge in [0.1, 0.15) is 11.4 Å². The van der Waals surface area contributed by atoms with Crippen molar-refractivity contribution in [1.82, 2.24) is 4.57 Å². The van der Waals surface area contributed by atoms with Crippen molar-refractivity contribution in [1.29, 1.82) is 0 Å². The molecule has 4 nitrogen and oxygen atoms in total. The van der Waals surface area contributed by atoms with Crippen LogP contribution < -0.4 is 10.1 Å². The molecule has 0 unspecified atom stereocenters. The van der Waals surface area contributed by atoms with Crippen molar-refractivity contribution in [3.8, 4) is 5.75 Å². The minimum atomic E-state index is -0.157. The van der Waals surface area contributed by atoms with Crippen molar-refractivity contribution in [3.63, 3.8) is 0 Å². The number of hydrogen-bond donors (Lipinski definition) is 1. The number of nitrogens with one attached hydrogen (secondary N) is 1. The van der Waals surface area contributed by atoms with Gasteiger partial charge in [-0.1, -0.05) is 29.8 Å². The Labute approximate surface area is 152 Å². The summed E-state index contributed by atoms with van der Waals surface area (Å²) in [4.78, 5) is 13.0. The number of anilines is 1. The third kappa shape index (κ3) is 2.98. The summed E-state index contributed by atoms with van der Waals surface area (Å²) in [5, 5.41) is 4.68. The molecule has 0 fully saturated rings. The first-order chi connectivity index (χ1) is 12.0. The molecule has 0 saturated carbocycles. The minimum Gasteiger partial charge on any atom is -0.495 e. The highest BCUT2D eigenvalue weighted by Crippen LogP contribution is 2.32. The molecule has 0 aliphatic carbocycles. The summed E-state index contributed by atoms with van der Waals surface area (Å²) in [6.45, 7) is 6.63. The van der Waals surface area contributed by atoms with E-state index >= 15 is 0 Å². The molecule has 25 heavy (non-hydrogen) atoms. The average Bonchev–Trinajstić information content (AvgIpc) is 2.90. The summed E-state index contributed by atoms with van der Waals surface area (Å²) in [6, 6.07) is 11.6. The number of rotatable bonds is 4. The van der Waals surface area contributed by atoms with Crippen LogP contribution in [0.4, 0.5) is 5.69 Å². The number of amides is 1. The Hall–Kier alpha value is -2.46. The number of ether oxygens (including phenoxy) is 1. The first-order valence-corrected chi connectivity index (χ1v) is 8.59. The fourth-order valence-corrected chi connectivity index (χ4v) is 3.36. The second kappa shape index (κ2) is 6.81. The number of aromatic nitrogens is 1. The van der Waals surface area contributed by atoms with Gasteiger partial charge < -0.3 is 14.6 Å². The lowest BCUT2D eigenvalue weighted by molar-refractivity contribution is 0.101. The quantitative estimate of drug-likeness (QED) is 0.698. The Morgan fingerprint density at radius 1 is 1.24 bits per heavy atom. The fraction of sp³-hybridized carbons (Fsp3) is 0.250. The molecule has 0 aliphatic rings. The maximum absolute atomic E-state index is 13.0. The van der Waals surface area contributed by atoms with Crippen LogP contribution in [0, 0.1) is 13.8 Å². The van der Waals surface area contributed by atoms with Crippen molar-refractivity contribution in [2.24, 2.45) is 0 Å². The third-order valence-corrected chi connectivity index (χ3v) is 4.89. The van der Waals surface area contributed by atoms with E-state index in [-0.39, 0.29) is 5.91 Å². The smallest absolute Gasteiger partial charge is 0.272 e. The lowest BCUT2D eigenvalue weighted by atomic mass is 10.1. The van der Waals surface area contributed by atoms with Crippen LogP contribution in [-0.4, -0.2) is 17.6 Å². The first kappa shape index (κ1) is 17.4. The number of carbonyl (C=O) groups excluding carboxylic acids is 1. The number of benzene rings is 2. The van der Waals surface area contributed by atoms with Gasteiger partial charge in [0.25, 0.3) is 5.91 Å². The Bertz CT molecular complexity index is 960. The standard InChI is InChI=1S/C20H21ClN2O2/c1-5-23-17-9-7-6-8-14(17)13(3)19(23)20(24)22-16-10-12(2)15(21)11-18(16)25-4/h6-11H,5H2,1-4H3,(H,22,24). The van der Waals surface area contributed by atoms with E-state index in [2.05, 4.69) is 5.32 Å². The van der Waals surface area contributed by atoms with E-state index in [4.69, 9.17) is 16.3 Å². The van der Waals surface area contributed by atoms with Gasteiger partial charge in [0.2, 0.25) is 0 Å². The number of carbonyl (C=O) groups is 1. The molecule has 1 amide bonds. The van der Waals surface area contributed by atoms with Gasteiger partial charge >= 0.3 is 0 Å². The number of halogens is 1. The molecule has 0 spiro atoms. The topological polar surface area (TPSA) is 43.3 Å². The fourth-order valence-electron chi connectivity index (χ4n) is 3.21. The van der Waals surface area contributed by atoms with Crippen molar-refractivity contribution in [2.45, 2.75) is 27.3 Å². The average molecular weight is 357 g/mol. The second-order valence-electron chi connectivity index (χ2n) is 5.99. The molecule has 0 bridgehead atoms. The second-order valence-corrected chi connectivity index (χ2v) is 6.40. The molecule has 1 heterocycles. The van der Waals surface area contributed by atoms with Gasteiger partial charge in [0.15, 0.2) is 0 Å². The van der Waals surface area contributed by atoms with E-state index in [0.717, 1.165) is 22.0 Å². The number of para-hydroxylation sites is 1. The zero-order valence-corrected chi connectivity index (χ0v) is 15.6. The molecular formula is C20H21ClN2O2. The maximum Gasteiger partial charge on any atom is 0.272 e. The van der Waals surface area contributed by atoms with E-state index in [1.165, 1.54) is 0 Å². The van der Waals surface area contributed by atoms with E-state index in [1.54, 1.807) is 13.2 Å². The van der Waals surface area contributed by atoms with E-state index < -0.39 is 0 Å².